The van der Waals surface area contributed by atoms with Crippen LogP contribution in [0.25, 0.3) is 10.9 Å². The van der Waals surface area contributed by atoms with E-state index in [4.69, 9.17) is 4.74 Å². The number of rotatable bonds is 7. The van der Waals surface area contributed by atoms with E-state index in [2.05, 4.69) is 10.6 Å². The third kappa shape index (κ3) is 4.93. The number of anilines is 1. The first-order valence-electron chi connectivity index (χ1n) is 12.9. The fourth-order valence-corrected chi connectivity index (χ4v) is 5.50. The summed E-state index contributed by atoms with van der Waals surface area (Å²) in [4.78, 5) is 43.9. The quantitative estimate of drug-likeness (QED) is 0.573. The van der Waals surface area contributed by atoms with Gasteiger partial charge in [0.2, 0.25) is 11.8 Å². The molecule has 0 bridgehead atoms. The van der Waals surface area contributed by atoms with Gasteiger partial charge in [-0.1, -0.05) is 25.7 Å². The van der Waals surface area contributed by atoms with Gasteiger partial charge < -0.3 is 29.7 Å². The van der Waals surface area contributed by atoms with E-state index in [9.17, 15) is 14.4 Å². The van der Waals surface area contributed by atoms with Crippen molar-refractivity contribution < 1.29 is 19.1 Å². The molecule has 0 spiro atoms. The minimum atomic E-state index is -1.08. The van der Waals surface area contributed by atoms with Crippen LogP contribution in [0.15, 0.2) is 18.2 Å². The highest BCUT2D eigenvalue weighted by molar-refractivity contribution is 6.14. The molecule has 1 atom stereocenters. The number of ether oxygens (including phenoxy) is 1. The van der Waals surface area contributed by atoms with Crippen LogP contribution in [-0.2, 0) is 16.1 Å². The number of fused-ring (bicyclic) bond motifs is 3. The number of amides is 3. The second-order valence-electron chi connectivity index (χ2n) is 10.6. The van der Waals surface area contributed by atoms with Crippen LogP contribution in [-0.4, -0.2) is 78.0 Å². The largest absolute Gasteiger partial charge is 0.497 e. The maximum atomic E-state index is 14.1. The Morgan fingerprint density at radius 3 is 2.47 bits per heavy atom. The Labute approximate surface area is 213 Å². The molecule has 2 aromatic rings. The molecule has 1 aliphatic carbocycles. The van der Waals surface area contributed by atoms with Crippen LogP contribution in [0.4, 0.5) is 5.69 Å². The summed E-state index contributed by atoms with van der Waals surface area (Å²) in [5, 5.41) is 6.89. The van der Waals surface area contributed by atoms with E-state index in [1.165, 1.54) is 19.8 Å². The van der Waals surface area contributed by atoms with Crippen molar-refractivity contribution in [3.63, 3.8) is 0 Å². The van der Waals surface area contributed by atoms with Gasteiger partial charge in [-0.25, -0.2) is 0 Å². The second-order valence-corrected chi connectivity index (χ2v) is 10.6. The molecular weight excluding hydrogens is 458 g/mol. The van der Waals surface area contributed by atoms with Crippen molar-refractivity contribution >= 4 is 34.3 Å². The maximum Gasteiger partial charge on any atom is 0.273 e. The molecule has 0 saturated heterocycles. The van der Waals surface area contributed by atoms with Crippen LogP contribution >= 0.6 is 0 Å². The third-order valence-electron chi connectivity index (χ3n) is 7.53. The van der Waals surface area contributed by atoms with Crippen LogP contribution in [0.3, 0.4) is 0 Å². The highest BCUT2D eigenvalue weighted by Crippen LogP contribution is 2.40. The van der Waals surface area contributed by atoms with Gasteiger partial charge in [0.25, 0.3) is 5.91 Å². The lowest BCUT2D eigenvalue weighted by molar-refractivity contribution is -0.133. The van der Waals surface area contributed by atoms with Crippen LogP contribution in [0.5, 0.6) is 5.75 Å². The summed E-state index contributed by atoms with van der Waals surface area (Å²) < 4.78 is 7.30. The van der Waals surface area contributed by atoms with E-state index in [0.717, 1.165) is 31.2 Å². The van der Waals surface area contributed by atoms with Crippen molar-refractivity contribution in [2.24, 2.45) is 0 Å². The summed E-state index contributed by atoms with van der Waals surface area (Å²) in [6.07, 6.45) is 6.56. The number of nitrogens with zero attached hydrogens (tertiary/aromatic N) is 3. The van der Waals surface area contributed by atoms with E-state index in [1.807, 2.05) is 48.7 Å². The predicted octanol–water partition coefficient (Wildman–Crippen LogP) is 3.22. The Hall–Kier alpha value is -3.07. The fraction of sp³-hybridized carbons (Fsp3) is 0.593. The van der Waals surface area contributed by atoms with Gasteiger partial charge in [0.05, 0.1) is 24.9 Å². The predicted molar refractivity (Wildman–Crippen MR) is 140 cm³/mol. The second kappa shape index (κ2) is 10.5. The van der Waals surface area contributed by atoms with Gasteiger partial charge in [-0.05, 0) is 52.1 Å². The molecule has 3 amide bonds. The topological polar surface area (TPSA) is 95.9 Å². The summed E-state index contributed by atoms with van der Waals surface area (Å²) in [5.41, 5.74) is 0.560. The van der Waals surface area contributed by atoms with Crippen molar-refractivity contribution in [2.45, 2.75) is 70.5 Å². The first kappa shape index (κ1) is 26.0. The first-order valence-corrected chi connectivity index (χ1v) is 12.9. The standard InChI is InChI=1S/C27H39N5O4/c1-18(33)28-23-21-16-20(36-5)12-13-22(21)31-17-27(2,26(35)29-19-10-8-6-7-9-11-19)32(15-14-30(3)4)25(34)24(23)31/h12-13,16,19H,6-11,14-15,17H2,1-5H3,(H,28,33)(H,29,35)/t27-/m0/s1. The number of carbonyl (C=O) groups is 3. The lowest BCUT2D eigenvalue weighted by Crippen LogP contribution is -2.65. The molecule has 1 aromatic carbocycles. The molecule has 36 heavy (non-hydrogen) atoms. The number of aromatic nitrogens is 1. The zero-order valence-corrected chi connectivity index (χ0v) is 22.1. The number of hydrogen-bond acceptors (Lipinski definition) is 5. The molecule has 9 heteroatoms. The zero-order valence-electron chi connectivity index (χ0n) is 22.1. The normalized spacial score (nSPS) is 20.8. The van der Waals surface area contributed by atoms with Crippen LogP contribution in [0.2, 0.25) is 0 Å². The van der Waals surface area contributed by atoms with E-state index < -0.39 is 5.54 Å². The van der Waals surface area contributed by atoms with Gasteiger partial charge in [-0.3, -0.25) is 14.4 Å². The van der Waals surface area contributed by atoms with Gasteiger partial charge in [0, 0.05) is 31.4 Å². The summed E-state index contributed by atoms with van der Waals surface area (Å²) in [6, 6.07) is 5.67. The number of carbonyl (C=O) groups excluding carboxylic acids is 3. The van der Waals surface area contributed by atoms with E-state index >= 15 is 0 Å². The summed E-state index contributed by atoms with van der Waals surface area (Å²) in [6.45, 7) is 4.59. The first-order chi connectivity index (χ1) is 17.2. The molecule has 0 unspecified atom stereocenters. The average molecular weight is 498 g/mol. The molecule has 9 nitrogen and oxygen atoms in total. The number of nitrogens with one attached hydrogen (secondary N) is 2. The van der Waals surface area contributed by atoms with E-state index in [-0.39, 0.29) is 23.8 Å². The maximum absolute atomic E-state index is 14.1. The molecule has 1 aliphatic heterocycles. The Balaban J connectivity index is 1.81. The number of benzene rings is 1. The monoisotopic (exact) mass is 497 g/mol. The molecule has 196 valence electrons. The minimum absolute atomic E-state index is 0.122. The van der Waals surface area contributed by atoms with Crippen LogP contribution in [0.1, 0.15) is 62.9 Å². The van der Waals surface area contributed by atoms with Crippen molar-refractivity contribution in [3.05, 3.63) is 23.9 Å². The molecular formula is C27H39N5O4. The molecule has 2 heterocycles. The number of hydrogen-bond donors (Lipinski definition) is 2. The fourth-order valence-electron chi connectivity index (χ4n) is 5.50. The molecule has 1 fully saturated rings. The summed E-state index contributed by atoms with van der Waals surface area (Å²) in [5.74, 6) is -0.0211. The Morgan fingerprint density at radius 1 is 1.17 bits per heavy atom. The molecule has 1 saturated carbocycles. The van der Waals surface area contributed by atoms with Gasteiger partial charge in [-0.2, -0.15) is 0 Å². The lowest BCUT2D eigenvalue weighted by Gasteiger charge is -2.45. The number of methoxy groups -OCH3 is 1. The van der Waals surface area contributed by atoms with Gasteiger partial charge in [0.1, 0.15) is 17.0 Å². The number of likely N-dealkylation sites (N-methyl/N-ethyl adjacent to an activating group) is 1. The minimum Gasteiger partial charge on any atom is -0.497 e. The van der Waals surface area contributed by atoms with Crippen molar-refractivity contribution in [3.8, 4) is 5.75 Å². The molecule has 2 N–H and O–H groups in total. The molecule has 0 radical (unpaired) electrons. The third-order valence-corrected chi connectivity index (χ3v) is 7.53. The highest BCUT2D eigenvalue weighted by atomic mass is 16.5. The van der Waals surface area contributed by atoms with Crippen LogP contribution in [0, 0.1) is 0 Å². The summed E-state index contributed by atoms with van der Waals surface area (Å²) in [7, 11) is 5.48. The van der Waals surface area contributed by atoms with E-state index in [0.29, 0.717) is 42.2 Å². The van der Waals surface area contributed by atoms with Crippen molar-refractivity contribution in [1.29, 1.82) is 0 Å². The van der Waals surface area contributed by atoms with Gasteiger partial charge >= 0.3 is 0 Å². The van der Waals surface area contributed by atoms with Crippen LogP contribution < -0.4 is 15.4 Å². The van der Waals surface area contributed by atoms with Crippen molar-refractivity contribution in [2.75, 3.05) is 39.6 Å². The lowest BCUT2D eigenvalue weighted by atomic mass is 9.93. The van der Waals surface area contributed by atoms with Crippen molar-refractivity contribution in [1.82, 2.24) is 19.7 Å². The van der Waals surface area contributed by atoms with Gasteiger partial charge in [-0.15, -0.1) is 0 Å². The molecule has 2 aliphatic rings. The van der Waals surface area contributed by atoms with E-state index in [1.54, 1.807) is 12.0 Å². The SMILES string of the molecule is COc1ccc2c(c1)c(NC(C)=O)c1n2C[C@@](C)(C(=O)NC2CCCCCC2)N(CCN(C)C)C1=O. The Bertz CT molecular complexity index is 1150. The zero-order chi connectivity index (χ0) is 26.0. The Kier molecular flexibility index (Phi) is 7.59. The molecule has 1 aromatic heterocycles. The summed E-state index contributed by atoms with van der Waals surface area (Å²) >= 11 is 0. The average Bonchev–Trinajstić information content (AvgIpc) is 2.96. The smallest absolute Gasteiger partial charge is 0.273 e. The van der Waals surface area contributed by atoms with Gasteiger partial charge in [0.15, 0.2) is 0 Å². The molecule has 4 rings (SSSR count). The highest BCUT2D eigenvalue weighted by Gasteiger charge is 2.49. The Morgan fingerprint density at radius 2 is 1.86 bits per heavy atom.